The number of nitrogens with zero attached hydrogens (tertiary/aromatic N) is 4. The SMILES string of the molecule is Cc1nnnn1-c1cc(NC(=O)c2cccc(S(=O)(=O)NC3CCCC3)c2)ccc1F. The molecule has 1 aliphatic carbocycles. The number of tetrazole rings is 1. The molecule has 0 radical (unpaired) electrons. The summed E-state index contributed by atoms with van der Waals surface area (Å²) in [5.41, 5.74) is 0.560. The normalized spacial score (nSPS) is 14.6. The van der Waals surface area contributed by atoms with Gasteiger partial charge < -0.3 is 5.32 Å². The average Bonchev–Trinajstić information content (AvgIpc) is 3.41. The minimum absolute atomic E-state index is 0.0242. The van der Waals surface area contributed by atoms with E-state index >= 15 is 0 Å². The van der Waals surface area contributed by atoms with E-state index in [0.29, 0.717) is 11.5 Å². The summed E-state index contributed by atoms with van der Waals surface area (Å²) >= 11 is 0. The van der Waals surface area contributed by atoms with Gasteiger partial charge >= 0.3 is 0 Å². The molecule has 4 rings (SSSR count). The summed E-state index contributed by atoms with van der Waals surface area (Å²) in [5.74, 6) is -0.696. The van der Waals surface area contributed by atoms with Crippen molar-refractivity contribution < 1.29 is 17.6 Å². The topological polar surface area (TPSA) is 119 Å². The van der Waals surface area contributed by atoms with Gasteiger partial charge in [-0.15, -0.1) is 5.10 Å². The van der Waals surface area contributed by atoms with E-state index in [1.165, 1.54) is 47.1 Å². The third kappa shape index (κ3) is 4.62. The van der Waals surface area contributed by atoms with Crippen LogP contribution in [0.1, 0.15) is 41.9 Å². The lowest BCUT2D eigenvalue weighted by Gasteiger charge is -2.13. The molecule has 1 aliphatic rings. The molecule has 31 heavy (non-hydrogen) atoms. The van der Waals surface area contributed by atoms with Crippen LogP contribution >= 0.6 is 0 Å². The molecule has 0 atom stereocenters. The second kappa shape index (κ2) is 8.52. The molecule has 9 nitrogen and oxygen atoms in total. The second-order valence-electron chi connectivity index (χ2n) is 7.39. The third-order valence-electron chi connectivity index (χ3n) is 5.14. The van der Waals surface area contributed by atoms with Crippen molar-refractivity contribution in [2.45, 2.75) is 43.5 Å². The van der Waals surface area contributed by atoms with Gasteiger partial charge in [-0.25, -0.2) is 17.5 Å². The van der Waals surface area contributed by atoms with Gasteiger partial charge in [-0.05, 0) is 66.6 Å². The van der Waals surface area contributed by atoms with E-state index in [4.69, 9.17) is 0 Å². The highest BCUT2D eigenvalue weighted by atomic mass is 32.2. The lowest BCUT2D eigenvalue weighted by molar-refractivity contribution is 0.102. The Hall–Kier alpha value is -3.18. The van der Waals surface area contributed by atoms with Crippen LogP contribution in [0.2, 0.25) is 0 Å². The van der Waals surface area contributed by atoms with E-state index in [2.05, 4.69) is 25.6 Å². The predicted octanol–water partition coefficient (Wildman–Crippen LogP) is 2.58. The number of carbonyl (C=O) groups excluding carboxylic acids is 1. The number of nitrogens with one attached hydrogen (secondary N) is 2. The fourth-order valence-electron chi connectivity index (χ4n) is 3.55. The number of hydrogen-bond donors (Lipinski definition) is 2. The average molecular weight is 444 g/mol. The van der Waals surface area contributed by atoms with Gasteiger partial charge in [-0.2, -0.15) is 4.68 Å². The maximum atomic E-state index is 14.2. The zero-order valence-corrected chi connectivity index (χ0v) is 17.6. The van der Waals surface area contributed by atoms with E-state index in [-0.39, 0.29) is 22.2 Å². The van der Waals surface area contributed by atoms with Crippen LogP contribution in [0.3, 0.4) is 0 Å². The highest BCUT2D eigenvalue weighted by molar-refractivity contribution is 7.89. The number of halogens is 1. The van der Waals surface area contributed by atoms with E-state index in [1.807, 2.05) is 0 Å². The standard InChI is InChI=1S/C20H21FN6O3S/c1-13-23-25-26-27(13)19-12-16(9-10-18(19)21)22-20(28)14-5-4-8-17(11-14)31(29,30)24-15-6-2-3-7-15/h4-5,8-12,15,24H,2-3,6-7H2,1H3,(H,22,28). The van der Waals surface area contributed by atoms with Crippen molar-refractivity contribution in [3.05, 3.63) is 59.7 Å². The van der Waals surface area contributed by atoms with Crippen molar-refractivity contribution in [3.63, 3.8) is 0 Å². The number of amides is 1. The number of rotatable bonds is 6. The maximum Gasteiger partial charge on any atom is 0.255 e. The first-order chi connectivity index (χ1) is 14.8. The van der Waals surface area contributed by atoms with Crippen LogP contribution in [0.5, 0.6) is 0 Å². The van der Waals surface area contributed by atoms with Gasteiger partial charge in [0.1, 0.15) is 11.5 Å². The van der Waals surface area contributed by atoms with Crippen molar-refractivity contribution in [1.82, 2.24) is 24.9 Å². The molecule has 1 saturated carbocycles. The van der Waals surface area contributed by atoms with E-state index in [9.17, 15) is 17.6 Å². The summed E-state index contributed by atoms with van der Waals surface area (Å²) in [7, 11) is -3.72. The molecule has 0 unspecified atom stereocenters. The number of benzene rings is 2. The smallest absolute Gasteiger partial charge is 0.255 e. The maximum absolute atomic E-state index is 14.2. The molecule has 0 saturated heterocycles. The Morgan fingerprint density at radius 3 is 2.65 bits per heavy atom. The summed E-state index contributed by atoms with van der Waals surface area (Å²) in [5, 5.41) is 13.6. The summed E-state index contributed by atoms with van der Waals surface area (Å²) in [6, 6.07) is 9.72. The van der Waals surface area contributed by atoms with Gasteiger partial charge in [0.05, 0.1) is 4.90 Å². The Morgan fingerprint density at radius 1 is 1.16 bits per heavy atom. The molecular weight excluding hydrogens is 423 g/mol. The van der Waals surface area contributed by atoms with E-state index in [1.54, 1.807) is 6.92 Å². The highest BCUT2D eigenvalue weighted by Gasteiger charge is 2.23. The Kier molecular flexibility index (Phi) is 5.79. The molecular formula is C20H21FN6O3S. The quantitative estimate of drug-likeness (QED) is 0.603. The van der Waals surface area contributed by atoms with Crippen LogP contribution in [0.15, 0.2) is 47.4 Å². The van der Waals surface area contributed by atoms with Crippen LogP contribution in [-0.4, -0.2) is 40.6 Å². The first-order valence-electron chi connectivity index (χ1n) is 9.82. The molecule has 1 heterocycles. The Balaban J connectivity index is 1.54. The molecule has 2 N–H and O–H groups in total. The highest BCUT2D eigenvalue weighted by Crippen LogP contribution is 2.22. The minimum Gasteiger partial charge on any atom is -0.322 e. The largest absolute Gasteiger partial charge is 0.322 e. The summed E-state index contributed by atoms with van der Waals surface area (Å²) in [6.07, 6.45) is 3.62. The molecule has 162 valence electrons. The number of aryl methyl sites for hydroxylation is 1. The first kappa shape index (κ1) is 21.1. The molecule has 1 amide bonds. The summed E-state index contributed by atoms with van der Waals surface area (Å²) < 4.78 is 43.5. The molecule has 11 heteroatoms. The minimum atomic E-state index is -3.72. The molecule has 1 fully saturated rings. The summed E-state index contributed by atoms with van der Waals surface area (Å²) in [4.78, 5) is 12.7. The number of hydrogen-bond acceptors (Lipinski definition) is 6. The third-order valence-corrected chi connectivity index (χ3v) is 6.66. The molecule has 2 aromatic carbocycles. The molecule has 1 aromatic heterocycles. The lowest BCUT2D eigenvalue weighted by atomic mass is 10.2. The zero-order chi connectivity index (χ0) is 22.0. The predicted molar refractivity (Wildman–Crippen MR) is 111 cm³/mol. The summed E-state index contributed by atoms with van der Waals surface area (Å²) in [6.45, 7) is 1.62. The van der Waals surface area contributed by atoms with Crippen molar-refractivity contribution in [3.8, 4) is 5.69 Å². The first-order valence-corrected chi connectivity index (χ1v) is 11.3. The van der Waals surface area contributed by atoms with Gasteiger partial charge in [-0.3, -0.25) is 4.79 Å². The van der Waals surface area contributed by atoms with Crippen molar-refractivity contribution in [2.75, 3.05) is 5.32 Å². The van der Waals surface area contributed by atoms with Crippen molar-refractivity contribution >= 4 is 21.6 Å². The molecule has 0 bridgehead atoms. The number of sulfonamides is 1. The van der Waals surface area contributed by atoms with Crippen LogP contribution < -0.4 is 10.0 Å². The van der Waals surface area contributed by atoms with Gasteiger partial charge in [-0.1, -0.05) is 18.9 Å². The van der Waals surface area contributed by atoms with Gasteiger partial charge in [0, 0.05) is 17.3 Å². The van der Waals surface area contributed by atoms with Crippen molar-refractivity contribution in [1.29, 1.82) is 0 Å². The fraction of sp³-hybridized carbons (Fsp3) is 0.300. The zero-order valence-electron chi connectivity index (χ0n) is 16.7. The monoisotopic (exact) mass is 444 g/mol. The van der Waals surface area contributed by atoms with Crippen LogP contribution in [0.25, 0.3) is 5.69 Å². The Bertz CT molecular complexity index is 1220. The molecule has 0 spiro atoms. The van der Waals surface area contributed by atoms with Crippen LogP contribution in [0.4, 0.5) is 10.1 Å². The Labute approximate surface area is 178 Å². The molecule has 3 aromatic rings. The van der Waals surface area contributed by atoms with Crippen LogP contribution in [-0.2, 0) is 10.0 Å². The van der Waals surface area contributed by atoms with E-state index < -0.39 is 21.7 Å². The number of aromatic nitrogens is 4. The second-order valence-corrected chi connectivity index (χ2v) is 9.10. The van der Waals surface area contributed by atoms with Gasteiger partial charge in [0.25, 0.3) is 5.91 Å². The Morgan fingerprint density at radius 2 is 1.94 bits per heavy atom. The number of anilines is 1. The van der Waals surface area contributed by atoms with Crippen molar-refractivity contribution in [2.24, 2.45) is 0 Å². The van der Waals surface area contributed by atoms with Gasteiger partial charge in [0.15, 0.2) is 5.82 Å². The lowest BCUT2D eigenvalue weighted by Crippen LogP contribution is -2.32. The number of carbonyl (C=O) groups is 1. The van der Waals surface area contributed by atoms with Crippen LogP contribution in [0, 0.1) is 12.7 Å². The van der Waals surface area contributed by atoms with Gasteiger partial charge in [0.2, 0.25) is 10.0 Å². The fourth-order valence-corrected chi connectivity index (χ4v) is 4.90. The molecule has 0 aliphatic heterocycles. The van der Waals surface area contributed by atoms with E-state index in [0.717, 1.165) is 25.7 Å².